The molecular formula is C12H12BrFN2. The fourth-order valence-corrected chi connectivity index (χ4v) is 2.45. The van der Waals surface area contributed by atoms with Gasteiger partial charge in [-0.3, -0.25) is 0 Å². The van der Waals surface area contributed by atoms with Crippen LogP contribution in [-0.4, -0.2) is 12.7 Å². The largest absolute Gasteiger partial charge is 0.304 e. The summed E-state index contributed by atoms with van der Waals surface area (Å²) in [5.74, 6) is 0. The van der Waals surface area contributed by atoms with E-state index in [1.807, 2.05) is 24.3 Å². The SMILES string of the molecule is N#CC[C@]1(c2ccc(Br)cc2)C[C@H](F)CN1. The van der Waals surface area contributed by atoms with Crippen LogP contribution < -0.4 is 5.32 Å². The van der Waals surface area contributed by atoms with E-state index in [0.717, 1.165) is 10.0 Å². The smallest absolute Gasteiger partial charge is 0.115 e. The molecule has 1 heterocycles. The number of rotatable bonds is 2. The first-order chi connectivity index (χ1) is 7.66. The minimum atomic E-state index is -0.864. The van der Waals surface area contributed by atoms with Crippen molar-refractivity contribution in [3.63, 3.8) is 0 Å². The topological polar surface area (TPSA) is 35.8 Å². The molecule has 2 rings (SSSR count). The molecule has 0 aliphatic carbocycles. The van der Waals surface area contributed by atoms with Crippen molar-refractivity contribution < 1.29 is 4.39 Å². The Bertz CT molecular complexity index is 412. The number of benzene rings is 1. The van der Waals surface area contributed by atoms with Gasteiger partial charge in [0, 0.05) is 17.4 Å². The van der Waals surface area contributed by atoms with E-state index in [2.05, 4.69) is 27.3 Å². The molecule has 1 aromatic carbocycles. The molecule has 2 nitrogen and oxygen atoms in total. The summed E-state index contributed by atoms with van der Waals surface area (Å²) in [7, 11) is 0. The average Bonchev–Trinajstić information content (AvgIpc) is 2.63. The molecule has 1 N–H and O–H groups in total. The Kier molecular flexibility index (Phi) is 3.27. The van der Waals surface area contributed by atoms with Gasteiger partial charge in [-0.1, -0.05) is 28.1 Å². The van der Waals surface area contributed by atoms with Gasteiger partial charge in [0.1, 0.15) is 6.17 Å². The van der Waals surface area contributed by atoms with Gasteiger partial charge in [-0.2, -0.15) is 5.26 Å². The van der Waals surface area contributed by atoms with Gasteiger partial charge < -0.3 is 5.32 Å². The van der Waals surface area contributed by atoms with Crippen molar-refractivity contribution in [3.05, 3.63) is 34.3 Å². The Balaban J connectivity index is 2.33. The van der Waals surface area contributed by atoms with Crippen molar-refractivity contribution >= 4 is 15.9 Å². The van der Waals surface area contributed by atoms with E-state index in [4.69, 9.17) is 5.26 Å². The first kappa shape index (κ1) is 11.6. The van der Waals surface area contributed by atoms with Crippen molar-refractivity contribution in [2.24, 2.45) is 0 Å². The maximum absolute atomic E-state index is 13.3. The van der Waals surface area contributed by atoms with Gasteiger partial charge in [0.2, 0.25) is 0 Å². The van der Waals surface area contributed by atoms with E-state index in [1.165, 1.54) is 0 Å². The lowest BCUT2D eigenvalue weighted by atomic mass is 9.85. The fraction of sp³-hybridized carbons (Fsp3) is 0.417. The zero-order chi connectivity index (χ0) is 11.6. The average molecular weight is 283 g/mol. The van der Waals surface area contributed by atoms with Crippen molar-refractivity contribution in [2.45, 2.75) is 24.6 Å². The predicted molar refractivity (Wildman–Crippen MR) is 63.6 cm³/mol. The molecule has 1 aliphatic heterocycles. The zero-order valence-corrected chi connectivity index (χ0v) is 10.3. The molecular weight excluding hydrogens is 271 g/mol. The highest BCUT2D eigenvalue weighted by molar-refractivity contribution is 9.10. The van der Waals surface area contributed by atoms with Crippen LogP contribution in [0.3, 0.4) is 0 Å². The number of hydrogen-bond donors (Lipinski definition) is 1. The van der Waals surface area contributed by atoms with Crippen molar-refractivity contribution in [1.82, 2.24) is 5.32 Å². The van der Waals surface area contributed by atoms with Crippen LogP contribution in [-0.2, 0) is 5.54 Å². The van der Waals surface area contributed by atoms with Gasteiger partial charge in [-0.05, 0) is 17.7 Å². The van der Waals surface area contributed by atoms with Gasteiger partial charge in [0.25, 0.3) is 0 Å². The second kappa shape index (κ2) is 4.52. The molecule has 0 radical (unpaired) electrons. The first-order valence-electron chi connectivity index (χ1n) is 5.18. The Morgan fingerprint density at radius 3 is 2.69 bits per heavy atom. The summed E-state index contributed by atoms with van der Waals surface area (Å²) in [6, 6.07) is 9.85. The number of hydrogen-bond acceptors (Lipinski definition) is 2. The van der Waals surface area contributed by atoms with E-state index in [9.17, 15) is 4.39 Å². The predicted octanol–water partition coefficient (Wildman–Crippen LogP) is 2.89. The van der Waals surface area contributed by atoms with Crippen molar-refractivity contribution in [3.8, 4) is 6.07 Å². The molecule has 1 aliphatic rings. The third-order valence-corrected chi connectivity index (χ3v) is 3.54. The molecule has 0 aromatic heterocycles. The summed E-state index contributed by atoms with van der Waals surface area (Å²) >= 11 is 3.36. The van der Waals surface area contributed by atoms with Gasteiger partial charge in [-0.15, -0.1) is 0 Å². The molecule has 2 atom stereocenters. The van der Waals surface area contributed by atoms with E-state index >= 15 is 0 Å². The number of alkyl halides is 1. The van der Waals surface area contributed by atoms with Crippen LogP contribution in [0, 0.1) is 11.3 Å². The lowest BCUT2D eigenvalue weighted by molar-refractivity contribution is 0.323. The fourth-order valence-electron chi connectivity index (χ4n) is 2.19. The monoisotopic (exact) mass is 282 g/mol. The minimum Gasteiger partial charge on any atom is -0.304 e. The maximum atomic E-state index is 13.3. The number of halogens is 2. The van der Waals surface area contributed by atoms with Crippen LogP contribution in [0.25, 0.3) is 0 Å². The molecule has 1 saturated heterocycles. The molecule has 4 heteroatoms. The normalized spacial score (nSPS) is 28.9. The van der Waals surface area contributed by atoms with Crippen molar-refractivity contribution in [2.75, 3.05) is 6.54 Å². The second-order valence-corrected chi connectivity index (χ2v) is 5.02. The van der Waals surface area contributed by atoms with Crippen LogP contribution in [0.4, 0.5) is 4.39 Å². The molecule has 1 fully saturated rings. The zero-order valence-electron chi connectivity index (χ0n) is 8.71. The Labute approximate surface area is 103 Å². The lowest BCUT2D eigenvalue weighted by Crippen LogP contribution is -2.36. The first-order valence-corrected chi connectivity index (χ1v) is 5.98. The second-order valence-electron chi connectivity index (χ2n) is 4.11. The van der Waals surface area contributed by atoms with Crippen LogP contribution in [0.15, 0.2) is 28.7 Å². The molecule has 0 saturated carbocycles. The molecule has 0 bridgehead atoms. The Morgan fingerprint density at radius 1 is 1.50 bits per heavy atom. The molecule has 1 aromatic rings. The number of nitrogens with zero attached hydrogens (tertiary/aromatic N) is 1. The van der Waals surface area contributed by atoms with Crippen LogP contribution >= 0.6 is 15.9 Å². The highest BCUT2D eigenvalue weighted by atomic mass is 79.9. The summed E-state index contributed by atoms with van der Waals surface area (Å²) in [4.78, 5) is 0. The molecule has 0 amide bonds. The third kappa shape index (κ3) is 2.11. The van der Waals surface area contributed by atoms with Gasteiger partial charge >= 0.3 is 0 Å². The van der Waals surface area contributed by atoms with Crippen molar-refractivity contribution in [1.29, 1.82) is 5.26 Å². The summed E-state index contributed by atoms with van der Waals surface area (Å²) in [5.41, 5.74) is 0.479. The minimum absolute atomic E-state index is 0.301. The summed E-state index contributed by atoms with van der Waals surface area (Å²) in [5, 5.41) is 12.0. The summed E-state index contributed by atoms with van der Waals surface area (Å²) in [6.45, 7) is 0.331. The molecule has 16 heavy (non-hydrogen) atoms. The van der Waals surface area contributed by atoms with Crippen LogP contribution in [0.1, 0.15) is 18.4 Å². The Hall–Kier alpha value is -0.920. The van der Waals surface area contributed by atoms with E-state index < -0.39 is 11.7 Å². The van der Waals surface area contributed by atoms with Gasteiger partial charge in [0.05, 0.1) is 18.0 Å². The lowest BCUT2D eigenvalue weighted by Gasteiger charge is -2.27. The third-order valence-electron chi connectivity index (χ3n) is 3.01. The highest BCUT2D eigenvalue weighted by Gasteiger charge is 2.40. The summed E-state index contributed by atoms with van der Waals surface area (Å²) < 4.78 is 14.3. The summed E-state index contributed by atoms with van der Waals surface area (Å²) in [6.07, 6.45) is -0.186. The standard InChI is InChI=1S/C12H12BrFN2/c13-10-3-1-9(2-4-10)12(5-6-15)7-11(14)8-16-12/h1-4,11,16H,5,7-8H2/t11-,12+/m0/s1. The quantitative estimate of drug-likeness (QED) is 0.906. The van der Waals surface area contributed by atoms with E-state index in [1.54, 1.807) is 0 Å². The van der Waals surface area contributed by atoms with Crippen LogP contribution in [0.5, 0.6) is 0 Å². The molecule has 84 valence electrons. The maximum Gasteiger partial charge on any atom is 0.115 e. The van der Waals surface area contributed by atoms with E-state index in [-0.39, 0.29) is 0 Å². The van der Waals surface area contributed by atoms with Gasteiger partial charge in [0.15, 0.2) is 0 Å². The van der Waals surface area contributed by atoms with Crippen LogP contribution in [0.2, 0.25) is 0 Å². The molecule has 0 spiro atoms. The number of nitriles is 1. The van der Waals surface area contributed by atoms with Gasteiger partial charge in [-0.25, -0.2) is 4.39 Å². The Morgan fingerprint density at radius 2 is 2.19 bits per heavy atom. The highest BCUT2D eigenvalue weighted by Crippen LogP contribution is 2.35. The molecule has 0 unspecified atom stereocenters. The van der Waals surface area contributed by atoms with E-state index in [0.29, 0.717) is 19.4 Å². The number of nitrogens with one attached hydrogen (secondary N) is 1.